The van der Waals surface area contributed by atoms with E-state index < -0.39 is 36.2 Å². The highest BCUT2D eigenvalue weighted by molar-refractivity contribution is 7.91. The van der Waals surface area contributed by atoms with Crippen molar-refractivity contribution in [2.24, 2.45) is 0 Å². The molecule has 0 atom stereocenters. The summed E-state index contributed by atoms with van der Waals surface area (Å²) < 4.78 is 76.6. The third kappa shape index (κ3) is 4.03. The van der Waals surface area contributed by atoms with Gasteiger partial charge in [-0.3, -0.25) is 0 Å². The second-order valence-electron chi connectivity index (χ2n) is 6.70. The van der Waals surface area contributed by atoms with Gasteiger partial charge in [0.1, 0.15) is 4.90 Å². The van der Waals surface area contributed by atoms with Gasteiger partial charge < -0.3 is 10.2 Å². The Bertz CT molecular complexity index is 1130. The summed E-state index contributed by atoms with van der Waals surface area (Å²) >= 11 is 0. The predicted molar refractivity (Wildman–Crippen MR) is 103 cm³/mol. The zero-order chi connectivity index (χ0) is 20.7. The first kappa shape index (κ1) is 20.7. The minimum atomic E-state index is -3.93. The molecule has 1 aliphatic rings. The van der Waals surface area contributed by atoms with Gasteiger partial charge in [-0.2, -0.15) is 0 Å². The zero-order valence-electron chi connectivity index (χ0n) is 15.4. The summed E-state index contributed by atoms with van der Waals surface area (Å²) in [6.07, 6.45) is 1.84. The lowest BCUT2D eigenvalue weighted by Gasteiger charge is -2.31. The average Bonchev–Trinajstić information content (AvgIpc) is 2.62. The Labute approximate surface area is 163 Å². The molecule has 0 bridgehead atoms. The second kappa shape index (κ2) is 7.41. The van der Waals surface area contributed by atoms with Crippen molar-refractivity contribution in [2.75, 3.05) is 43.6 Å². The highest BCUT2D eigenvalue weighted by atomic mass is 32.2. The van der Waals surface area contributed by atoms with E-state index in [1.165, 1.54) is 12.1 Å². The maximum atomic E-state index is 14.6. The van der Waals surface area contributed by atoms with Gasteiger partial charge in [0.2, 0.25) is 0 Å². The summed E-state index contributed by atoms with van der Waals surface area (Å²) in [7, 11) is -7.57. The number of nitrogens with zero attached hydrogens (tertiary/aromatic N) is 1. The summed E-state index contributed by atoms with van der Waals surface area (Å²) in [6.45, 7) is 2.65. The highest BCUT2D eigenvalue weighted by Gasteiger charge is 2.24. The predicted octanol–water partition coefficient (Wildman–Crippen LogP) is 1.85. The van der Waals surface area contributed by atoms with Gasteiger partial charge in [-0.25, -0.2) is 25.6 Å². The number of sulfone groups is 2. The Morgan fingerprint density at radius 2 is 1.46 bits per heavy atom. The van der Waals surface area contributed by atoms with Crippen molar-refractivity contribution < 1.29 is 25.6 Å². The summed E-state index contributed by atoms with van der Waals surface area (Å²) in [5.74, 6) is -2.82. The van der Waals surface area contributed by atoms with Gasteiger partial charge in [0.25, 0.3) is 0 Å². The van der Waals surface area contributed by atoms with Gasteiger partial charge in [0.05, 0.1) is 10.6 Å². The standard InChI is InChI=1S/C18H20F2N2O4S2/c1-27(23,24)15-6-4-13(17(19)18(15)20)12-3-5-14(16(11-12)28(2,25)26)22-9-7-21-8-10-22/h3-6,11,21H,7-10H2,1-2H3. The molecular formula is C18H20F2N2O4S2. The highest BCUT2D eigenvalue weighted by Crippen LogP contribution is 2.34. The second-order valence-corrected chi connectivity index (χ2v) is 10.7. The van der Waals surface area contributed by atoms with Crippen molar-refractivity contribution in [2.45, 2.75) is 9.79 Å². The van der Waals surface area contributed by atoms with E-state index in [0.717, 1.165) is 24.6 Å². The van der Waals surface area contributed by atoms with Crippen molar-refractivity contribution >= 4 is 25.4 Å². The molecule has 0 aromatic heterocycles. The molecule has 0 saturated carbocycles. The van der Waals surface area contributed by atoms with Crippen LogP contribution in [-0.2, 0) is 19.7 Å². The largest absolute Gasteiger partial charge is 0.368 e. The van der Waals surface area contributed by atoms with Gasteiger partial charge in [-0.1, -0.05) is 6.07 Å². The molecule has 1 heterocycles. The van der Waals surface area contributed by atoms with Crippen LogP contribution in [0, 0.1) is 11.6 Å². The van der Waals surface area contributed by atoms with E-state index in [9.17, 15) is 25.6 Å². The van der Waals surface area contributed by atoms with E-state index in [0.29, 0.717) is 31.9 Å². The van der Waals surface area contributed by atoms with Gasteiger partial charge in [0.15, 0.2) is 31.3 Å². The minimum Gasteiger partial charge on any atom is -0.368 e. The lowest BCUT2D eigenvalue weighted by molar-refractivity contribution is 0.488. The Morgan fingerprint density at radius 1 is 0.857 bits per heavy atom. The average molecular weight is 430 g/mol. The van der Waals surface area contributed by atoms with Gasteiger partial charge in [-0.15, -0.1) is 0 Å². The normalized spacial score (nSPS) is 15.6. The van der Waals surface area contributed by atoms with Crippen LogP contribution in [0.4, 0.5) is 14.5 Å². The summed E-state index contributed by atoms with van der Waals surface area (Å²) in [5, 5.41) is 3.18. The van der Waals surface area contributed by atoms with E-state index in [2.05, 4.69) is 5.32 Å². The number of rotatable bonds is 4. The molecule has 6 nitrogen and oxygen atoms in total. The maximum Gasteiger partial charge on any atom is 0.178 e. The first-order chi connectivity index (χ1) is 13.0. The number of benzene rings is 2. The Hall–Kier alpha value is -2.04. The van der Waals surface area contributed by atoms with Crippen LogP contribution in [0.25, 0.3) is 11.1 Å². The first-order valence-corrected chi connectivity index (χ1v) is 12.3. The molecule has 2 aromatic carbocycles. The first-order valence-electron chi connectivity index (χ1n) is 8.48. The topological polar surface area (TPSA) is 83.5 Å². The molecule has 0 spiro atoms. The van der Waals surface area contributed by atoms with Crippen LogP contribution in [0.15, 0.2) is 40.1 Å². The van der Waals surface area contributed by atoms with Crippen molar-refractivity contribution in [3.05, 3.63) is 42.0 Å². The Morgan fingerprint density at radius 3 is 2.04 bits per heavy atom. The molecule has 0 amide bonds. The molecule has 28 heavy (non-hydrogen) atoms. The number of hydrogen-bond acceptors (Lipinski definition) is 6. The Kier molecular flexibility index (Phi) is 5.48. The zero-order valence-corrected chi connectivity index (χ0v) is 17.0. The van der Waals surface area contributed by atoms with E-state index in [1.54, 1.807) is 6.07 Å². The fraction of sp³-hybridized carbons (Fsp3) is 0.333. The molecule has 3 rings (SSSR count). The van der Waals surface area contributed by atoms with Crippen molar-refractivity contribution in [3.8, 4) is 11.1 Å². The number of nitrogens with one attached hydrogen (secondary N) is 1. The third-order valence-corrected chi connectivity index (χ3v) is 6.81. The fourth-order valence-corrected chi connectivity index (χ4v) is 4.84. The van der Waals surface area contributed by atoms with Crippen LogP contribution in [-0.4, -0.2) is 55.5 Å². The van der Waals surface area contributed by atoms with E-state index in [-0.39, 0.29) is 16.0 Å². The van der Waals surface area contributed by atoms with Crippen molar-refractivity contribution in [1.29, 1.82) is 0 Å². The summed E-state index contributed by atoms with van der Waals surface area (Å²) in [6, 6.07) is 6.49. The number of halogens is 2. The van der Waals surface area contributed by atoms with Gasteiger partial charge >= 0.3 is 0 Å². The quantitative estimate of drug-likeness (QED) is 0.797. The molecule has 0 radical (unpaired) electrons. The van der Waals surface area contributed by atoms with E-state index in [4.69, 9.17) is 0 Å². The van der Waals surface area contributed by atoms with Crippen LogP contribution < -0.4 is 10.2 Å². The van der Waals surface area contributed by atoms with E-state index in [1.807, 2.05) is 4.90 Å². The van der Waals surface area contributed by atoms with E-state index >= 15 is 0 Å². The van der Waals surface area contributed by atoms with Crippen LogP contribution in [0.5, 0.6) is 0 Å². The van der Waals surface area contributed by atoms with Crippen LogP contribution in [0.3, 0.4) is 0 Å². The smallest absolute Gasteiger partial charge is 0.178 e. The number of piperazine rings is 1. The molecule has 2 aromatic rings. The molecule has 0 aliphatic carbocycles. The molecule has 1 saturated heterocycles. The van der Waals surface area contributed by atoms with Crippen molar-refractivity contribution in [3.63, 3.8) is 0 Å². The fourth-order valence-electron chi connectivity index (χ4n) is 3.19. The molecular weight excluding hydrogens is 410 g/mol. The van der Waals surface area contributed by atoms with Crippen LogP contribution in [0.1, 0.15) is 0 Å². The molecule has 152 valence electrons. The molecule has 0 unspecified atom stereocenters. The number of hydrogen-bond donors (Lipinski definition) is 1. The summed E-state index contributed by atoms with van der Waals surface area (Å²) in [5.41, 5.74) is 0.443. The molecule has 1 N–H and O–H groups in total. The lowest BCUT2D eigenvalue weighted by Crippen LogP contribution is -2.44. The molecule has 10 heteroatoms. The Balaban J connectivity index is 2.15. The van der Waals surface area contributed by atoms with Crippen molar-refractivity contribution in [1.82, 2.24) is 5.32 Å². The molecule has 1 fully saturated rings. The van der Waals surface area contributed by atoms with Crippen LogP contribution in [0.2, 0.25) is 0 Å². The van der Waals surface area contributed by atoms with Gasteiger partial charge in [0, 0.05) is 44.3 Å². The van der Waals surface area contributed by atoms with Gasteiger partial charge in [-0.05, 0) is 29.8 Å². The van der Waals surface area contributed by atoms with Crippen LogP contribution >= 0.6 is 0 Å². The minimum absolute atomic E-state index is 0.0129. The summed E-state index contributed by atoms with van der Waals surface area (Å²) in [4.78, 5) is 1.19. The molecule has 1 aliphatic heterocycles. The maximum absolute atomic E-state index is 14.6. The third-order valence-electron chi connectivity index (χ3n) is 4.57. The number of anilines is 1. The monoisotopic (exact) mass is 430 g/mol. The SMILES string of the molecule is CS(=O)(=O)c1cc(-c2ccc(S(C)(=O)=O)c(F)c2F)ccc1N1CCNCC1. The lowest BCUT2D eigenvalue weighted by atomic mass is 10.0.